The number of rotatable bonds is 7. The van der Waals surface area contributed by atoms with Crippen molar-refractivity contribution in [3.63, 3.8) is 0 Å². The number of imidazole rings is 1. The Balaban J connectivity index is 1.97. The molecule has 2 heterocycles. The van der Waals surface area contributed by atoms with E-state index in [0.29, 0.717) is 19.4 Å². The number of nitrogens with one attached hydrogen (secondary N) is 1. The van der Waals surface area contributed by atoms with Gasteiger partial charge in [-0.15, -0.1) is 21.5 Å². The maximum absolute atomic E-state index is 10.7. The number of thiazole rings is 1. The van der Waals surface area contributed by atoms with Crippen LogP contribution in [0.4, 0.5) is 0 Å². The molecule has 0 aliphatic rings. The molecular weight excluding hydrogens is 338 g/mol. The number of unbranched alkanes of at least 4 members (excludes halogenated alkanes) is 1. The van der Waals surface area contributed by atoms with E-state index in [9.17, 15) is 8.42 Å². The third-order valence-electron chi connectivity index (χ3n) is 3.32. The second kappa shape index (κ2) is 7.66. The summed E-state index contributed by atoms with van der Waals surface area (Å²) in [6, 6.07) is 0. The molecule has 2 aromatic heterocycles. The summed E-state index contributed by atoms with van der Waals surface area (Å²) in [7, 11) is -1.95. The van der Waals surface area contributed by atoms with Gasteiger partial charge in [0.05, 0.1) is 12.3 Å². The van der Waals surface area contributed by atoms with Gasteiger partial charge in [0, 0.05) is 18.1 Å². The number of hydrogen-bond donors (Lipinski definition) is 2. The van der Waals surface area contributed by atoms with Gasteiger partial charge in [0.1, 0.15) is 18.6 Å². The zero-order valence-electron chi connectivity index (χ0n) is 13.0. The van der Waals surface area contributed by atoms with Gasteiger partial charge in [-0.3, -0.25) is 4.55 Å². The molecule has 0 radical (unpaired) electrons. The number of hydrogen-bond acceptors (Lipinski definition) is 5. The second-order valence-corrected chi connectivity index (χ2v) is 7.50. The molecule has 10 heteroatoms. The van der Waals surface area contributed by atoms with Crippen LogP contribution in [0.2, 0.25) is 0 Å². The maximum Gasteiger partial charge on any atom is 0.299 e. The lowest BCUT2D eigenvalue weighted by Gasteiger charge is -1.98. The summed E-state index contributed by atoms with van der Waals surface area (Å²) in [5.74, 6) is 0.557. The highest BCUT2D eigenvalue weighted by Crippen LogP contribution is 1.97. The first kappa shape index (κ1) is 17.6. The van der Waals surface area contributed by atoms with E-state index < -0.39 is 10.1 Å². The Morgan fingerprint density at radius 2 is 2.26 bits per heavy atom. The summed E-state index contributed by atoms with van der Waals surface area (Å²) in [6.07, 6.45) is 6.29. The van der Waals surface area contributed by atoms with E-state index in [0.717, 1.165) is 16.3 Å². The van der Waals surface area contributed by atoms with Crippen molar-refractivity contribution in [3.05, 3.63) is 34.1 Å². The molecule has 2 rings (SSSR count). The van der Waals surface area contributed by atoms with Crippen LogP contribution in [0.5, 0.6) is 0 Å². The van der Waals surface area contributed by atoms with Crippen molar-refractivity contribution in [1.29, 1.82) is 0 Å². The third kappa shape index (κ3) is 5.41. The quantitative estimate of drug-likeness (QED) is 0.249. The molecular formula is C13H20N5O3S2+. The fourth-order valence-electron chi connectivity index (χ4n) is 1.92. The number of aromatic amines is 1. The molecule has 0 spiro atoms. The van der Waals surface area contributed by atoms with Crippen molar-refractivity contribution in [1.82, 2.24) is 9.55 Å². The predicted molar refractivity (Wildman–Crippen MR) is 87.8 cm³/mol. The third-order valence-corrected chi connectivity index (χ3v) is 5.15. The summed E-state index contributed by atoms with van der Waals surface area (Å²) >= 11 is 1.52. The Hall–Kier alpha value is -1.78. The number of nitrogens with zero attached hydrogens (tertiary/aromatic N) is 4. The molecule has 23 heavy (non-hydrogen) atoms. The Morgan fingerprint density at radius 3 is 2.91 bits per heavy atom. The smallest absolute Gasteiger partial charge is 0.299 e. The average molecular weight is 358 g/mol. The highest BCUT2D eigenvalue weighted by molar-refractivity contribution is 7.85. The summed E-state index contributed by atoms with van der Waals surface area (Å²) in [4.78, 5) is 3.86. The van der Waals surface area contributed by atoms with Crippen LogP contribution < -0.4 is 9.37 Å². The fraction of sp³-hybridized carbons (Fsp3) is 0.462. The largest absolute Gasteiger partial charge is 0.323 e. The lowest BCUT2D eigenvalue weighted by Crippen LogP contribution is -2.36. The minimum atomic E-state index is -3.88. The van der Waals surface area contributed by atoms with Gasteiger partial charge in [0.2, 0.25) is 4.80 Å². The van der Waals surface area contributed by atoms with E-state index in [-0.39, 0.29) is 5.75 Å². The summed E-state index contributed by atoms with van der Waals surface area (Å²) in [5, 5.41) is 10.3. The monoisotopic (exact) mass is 358 g/mol. The molecule has 0 aromatic carbocycles. The lowest BCUT2D eigenvalue weighted by molar-refractivity contribution is -0.696. The number of aryl methyl sites for hydroxylation is 2. The van der Waals surface area contributed by atoms with E-state index in [1.807, 2.05) is 34.7 Å². The molecule has 0 unspecified atom stereocenters. The molecule has 0 aliphatic heterocycles. The van der Waals surface area contributed by atoms with Crippen molar-refractivity contribution in [2.75, 3.05) is 5.75 Å². The normalized spacial score (nSPS) is 13.3. The fourth-order valence-corrected chi connectivity index (χ4v) is 3.32. The second-order valence-electron chi connectivity index (χ2n) is 5.10. The average Bonchev–Trinajstić information content (AvgIpc) is 3.04. The van der Waals surface area contributed by atoms with Crippen LogP contribution in [0.15, 0.2) is 28.0 Å². The first-order valence-electron chi connectivity index (χ1n) is 7.07. The zero-order valence-corrected chi connectivity index (χ0v) is 14.6. The van der Waals surface area contributed by atoms with Crippen molar-refractivity contribution in [3.8, 4) is 0 Å². The lowest BCUT2D eigenvalue weighted by atomic mass is 10.3. The highest BCUT2D eigenvalue weighted by Gasteiger charge is 2.09. The topological polar surface area (TPSA) is 104 Å². The molecule has 0 amide bonds. The molecule has 0 bridgehead atoms. The first-order chi connectivity index (χ1) is 10.9. The van der Waals surface area contributed by atoms with Crippen LogP contribution in [0.3, 0.4) is 0 Å². The van der Waals surface area contributed by atoms with Gasteiger partial charge in [-0.05, 0) is 19.8 Å². The molecule has 0 saturated carbocycles. The highest BCUT2D eigenvalue weighted by atomic mass is 32.2. The van der Waals surface area contributed by atoms with Gasteiger partial charge in [0.15, 0.2) is 0 Å². The molecule has 0 atom stereocenters. The minimum absolute atomic E-state index is 0.217. The van der Waals surface area contributed by atoms with Crippen LogP contribution in [-0.4, -0.2) is 34.5 Å². The van der Waals surface area contributed by atoms with Crippen molar-refractivity contribution >= 4 is 27.7 Å². The van der Waals surface area contributed by atoms with Crippen molar-refractivity contribution in [2.24, 2.45) is 17.3 Å². The zero-order chi connectivity index (χ0) is 16.9. The standard InChI is InChI=1S/C13H19N5O3S2/c1-11-10-22-13(17(11)2)16-15-9-12-14-5-7-18(12)6-3-4-8-23(19,20)21/h5,7,9-10H,3-4,6,8H2,1-2H3,(H,19,20,21)/p+1. The SMILES string of the molecule is Cc1csc(=NN=Cc2[nH]cc[n+]2CCCCS(=O)(=O)O)n1C. The van der Waals surface area contributed by atoms with E-state index in [1.54, 1.807) is 12.4 Å². The number of aromatic nitrogens is 3. The Morgan fingerprint density at radius 1 is 1.48 bits per heavy atom. The Labute approximate surface area is 138 Å². The van der Waals surface area contributed by atoms with Crippen LogP contribution in [0, 0.1) is 6.92 Å². The number of H-pyrrole nitrogens is 1. The van der Waals surface area contributed by atoms with Crippen LogP contribution in [-0.2, 0) is 23.7 Å². The van der Waals surface area contributed by atoms with Crippen LogP contribution in [0.1, 0.15) is 24.4 Å². The van der Waals surface area contributed by atoms with E-state index >= 15 is 0 Å². The van der Waals surface area contributed by atoms with Gasteiger partial charge >= 0.3 is 0 Å². The van der Waals surface area contributed by atoms with Gasteiger partial charge in [0.25, 0.3) is 15.9 Å². The Kier molecular flexibility index (Phi) is 5.85. The van der Waals surface area contributed by atoms with Gasteiger partial charge in [-0.25, -0.2) is 9.55 Å². The molecule has 2 aromatic rings. The first-order valence-corrected chi connectivity index (χ1v) is 9.56. The molecule has 2 N–H and O–H groups in total. The van der Waals surface area contributed by atoms with Crippen molar-refractivity contribution in [2.45, 2.75) is 26.3 Å². The molecule has 8 nitrogen and oxygen atoms in total. The van der Waals surface area contributed by atoms with Crippen LogP contribution in [0.25, 0.3) is 0 Å². The van der Waals surface area contributed by atoms with Gasteiger partial charge < -0.3 is 4.57 Å². The molecule has 0 fully saturated rings. The van der Waals surface area contributed by atoms with E-state index in [2.05, 4.69) is 15.2 Å². The summed E-state index contributed by atoms with van der Waals surface area (Å²) in [5.41, 5.74) is 1.12. The molecule has 0 aliphatic carbocycles. The predicted octanol–water partition coefficient (Wildman–Crippen LogP) is 0.613. The molecule has 126 valence electrons. The summed E-state index contributed by atoms with van der Waals surface area (Å²) < 4.78 is 33.9. The van der Waals surface area contributed by atoms with Crippen LogP contribution >= 0.6 is 11.3 Å². The van der Waals surface area contributed by atoms with E-state index in [4.69, 9.17) is 4.55 Å². The summed E-state index contributed by atoms with van der Waals surface area (Å²) in [6.45, 7) is 2.64. The maximum atomic E-state index is 10.7. The van der Waals surface area contributed by atoms with Gasteiger partial charge in [-0.2, -0.15) is 8.42 Å². The minimum Gasteiger partial charge on any atom is -0.323 e. The Bertz CT molecular complexity index is 845. The van der Waals surface area contributed by atoms with E-state index in [1.165, 1.54) is 11.3 Å². The van der Waals surface area contributed by atoms with Crippen molar-refractivity contribution < 1.29 is 17.5 Å². The van der Waals surface area contributed by atoms with Gasteiger partial charge in [-0.1, -0.05) is 0 Å². The molecule has 0 saturated heterocycles.